The second-order valence-corrected chi connectivity index (χ2v) is 7.52. The van der Waals surface area contributed by atoms with Crippen molar-refractivity contribution >= 4 is 21.2 Å². The maximum absolute atomic E-state index is 12.3. The summed E-state index contributed by atoms with van der Waals surface area (Å²) in [5.41, 5.74) is 0.270. The van der Waals surface area contributed by atoms with E-state index in [1.165, 1.54) is 29.7 Å². The molecule has 0 unspecified atom stereocenters. The van der Waals surface area contributed by atoms with Crippen molar-refractivity contribution in [1.29, 1.82) is 0 Å². The Kier molecular flexibility index (Phi) is 4.00. The zero-order valence-corrected chi connectivity index (χ0v) is 11.7. The second kappa shape index (κ2) is 5.38. The number of rotatable bonds is 5. The Morgan fingerprint density at radius 1 is 1.37 bits per heavy atom. The number of sulfone groups is 1. The molecule has 0 amide bonds. The monoisotopic (exact) mass is 306 g/mol. The van der Waals surface area contributed by atoms with Gasteiger partial charge in [0.25, 0.3) is 6.43 Å². The Balaban J connectivity index is 2.24. The predicted octanol–water partition coefficient (Wildman–Crippen LogP) is 2.49. The smallest absolute Gasteiger partial charge is 0.257 e. The molecule has 2 heterocycles. The van der Waals surface area contributed by atoms with E-state index in [2.05, 4.69) is 5.10 Å². The zero-order chi connectivity index (χ0) is 14.0. The number of aromatic nitrogens is 2. The molecule has 2 aromatic heterocycles. The van der Waals surface area contributed by atoms with Crippen molar-refractivity contribution in [2.24, 2.45) is 0 Å². The van der Waals surface area contributed by atoms with Crippen LogP contribution in [-0.4, -0.2) is 24.6 Å². The molecule has 0 saturated heterocycles. The van der Waals surface area contributed by atoms with Crippen molar-refractivity contribution in [3.63, 3.8) is 0 Å². The highest BCUT2D eigenvalue weighted by Crippen LogP contribution is 2.24. The van der Waals surface area contributed by atoms with Gasteiger partial charge in [-0.1, -0.05) is 0 Å². The van der Waals surface area contributed by atoms with Gasteiger partial charge in [-0.05, 0) is 25.1 Å². The Labute approximate surface area is 113 Å². The molecule has 104 valence electrons. The van der Waals surface area contributed by atoms with Crippen LogP contribution in [0.5, 0.6) is 0 Å². The molecule has 0 radical (unpaired) electrons. The maximum Gasteiger partial charge on any atom is 0.257 e. The van der Waals surface area contributed by atoms with Gasteiger partial charge >= 0.3 is 0 Å². The normalized spacial score (nSPS) is 12.2. The van der Waals surface area contributed by atoms with Crippen LogP contribution in [-0.2, 0) is 22.1 Å². The average Bonchev–Trinajstić information content (AvgIpc) is 2.88. The topological polar surface area (TPSA) is 52.0 Å². The lowest BCUT2D eigenvalue weighted by Crippen LogP contribution is -2.14. The summed E-state index contributed by atoms with van der Waals surface area (Å²) in [7, 11) is -3.51. The molecule has 0 bridgehead atoms. The highest BCUT2D eigenvalue weighted by molar-refractivity contribution is 7.92. The van der Waals surface area contributed by atoms with E-state index in [9.17, 15) is 17.2 Å². The van der Waals surface area contributed by atoms with Crippen LogP contribution < -0.4 is 0 Å². The van der Waals surface area contributed by atoms with E-state index in [-0.39, 0.29) is 15.7 Å². The molecular formula is C11H12F2N2O2S2. The van der Waals surface area contributed by atoms with Crippen LogP contribution in [0.1, 0.15) is 10.6 Å². The number of hydrogen-bond acceptors (Lipinski definition) is 4. The van der Waals surface area contributed by atoms with Gasteiger partial charge in [0.2, 0.25) is 0 Å². The highest BCUT2D eigenvalue weighted by atomic mass is 32.2. The van der Waals surface area contributed by atoms with Gasteiger partial charge in [0, 0.05) is 11.1 Å². The van der Waals surface area contributed by atoms with Gasteiger partial charge in [-0.25, -0.2) is 17.2 Å². The third-order valence-electron chi connectivity index (χ3n) is 2.48. The van der Waals surface area contributed by atoms with Crippen LogP contribution in [0.4, 0.5) is 8.78 Å². The molecule has 19 heavy (non-hydrogen) atoms. The molecule has 0 aliphatic carbocycles. The first-order chi connectivity index (χ1) is 8.88. The fraction of sp³-hybridized carbons (Fsp3) is 0.364. The lowest BCUT2D eigenvalue weighted by Gasteiger charge is -2.06. The summed E-state index contributed by atoms with van der Waals surface area (Å²) in [6.45, 7) is 1.21. The van der Waals surface area contributed by atoms with Crippen LogP contribution in [0.3, 0.4) is 0 Å². The molecule has 0 N–H and O–H groups in total. The lowest BCUT2D eigenvalue weighted by atomic mass is 10.5. The minimum atomic E-state index is -3.51. The number of halogens is 2. The van der Waals surface area contributed by atoms with Crippen molar-refractivity contribution in [3.05, 3.63) is 35.0 Å². The van der Waals surface area contributed by atoms with E-state index in [1.54, 1.807) is 6.07 Å². The fourth-order valence-corrected chi connectivity index (χ4v) is 4.34. The molecule has 0 fully saturated rings. The molecule has 0 aliphatic heterocycles. The van der Waals surface area contributed by atoms with E-state index >= 15 is 0 Å². The average molecular weight is 306 g/mol. The molecule has 0 spiro atoms. The Morgan fingerprint density at radius 2 is 2.11 bits per heavy atom. The molecule has 0 atom stereocenters. The third-order valence-corrected chi connectivity index (χ3v) is 5.71. The van der Waals surface area contributed by atoms with Gasteiger partial charge in [-0.15, -0.1) is 11.3 Å². The Hall–Kier alpha value is -1.28. The van der Waals surface area contributed by atoms with Gasteiger partial charge in [-0.2, -0.15) is 5.10 Å². The minimum Gasteiger partial charge on any atom is -0.263 e. The first-order valence-corrected chi connectivity index (χ1v) is 7.93. The lowest BCUT2D eigenvalue weighted by molar-refractivity contribution is 0.121. The molecule has 2 rings (SSSR count). The van der Waals surface area contributed by atoms with Gasteiger partial charge in [0.15, 0.2) is 9.84 Å². The van der Waals surface area contributed by atoms with Crippen molar-refractivity contribution in [3.8, 4) is 0 Å². The van der Waals surface area contributed by atoms with Crippen molar-refractivity contribution in [2.45, 2.75) is 29.9 Å². The number of nitrogens with zero attached hydrogens (tertiary/aromatic N) is 2. The summed E-state index contributed by atoms with van der Waals surface area (Å²) in [5, 5.41) is 3.72. The molecule has 0 aliphatic rings. The summed E-state index contributed by atoms with van der Waals surface area (Å²) in [6.07, 6.45) is -1.24. The minimum absolute atomic E-state index is 0.245. The van der Waals surface area contributed by atoms with Crippen LogP contribution in [0.25, 0.3) is 0 Å². The van der Waals surface area contributed by atoms with E-state index in [1.807, 2.05) is 6.92 Å². The Bertz CT molecular complexity index is 662. The summed E-state index contributed by atoms with van der Waals surface area (Å²) in [6, 6.07) is 4.69. The highest BCUT2D eigenvalue weighted by Gasteiger charge is 2.20. The van der Waals surface area contributed by atoms with Crippen molar-refractivity contribution < 1.29 is 17.2 Å². The predicted molar refractivity (Wildman–Crippen MR) is 68.2 cm³/mol. The van der Waals surface area contributed by atoms with E-state index < -0.39 is 22.8 Å². The summed E-state index contributed by atoms with van der Waals surface area (Å²) in [4.78, 5) is 0.889. The van der Waals surface area contributed by atoms with Crippen LogP contribution in [0.15, 0.2) is 28.6 Å². The zero-order valence-electron chi connectivity index (χ0n) is 10.1. The SMILES string of the molecule is Cc1ccc(S(=O)(=O)Cc2ccnn2CC(F)F)s1. The number of hydrogen-bond donors (Lipinski definition) is 0. The summed E-state index contributed by atoms with van der Waals surface area (Å²) < 4.78 is 50.2. The Morgan fingerprint density at radius 3 is 2.68 bits per heavy atom. The van der Waals surface area contributed by atoms with Gasteiger partial charge in [0.1, 0.15) is 10.8 Å². The molecular weight excluding hydrogens is 294 g/mol. The molecule has 2 aromatic rings. The van der Waals surface area contributed by atoms with Crippen LogP contribution in [0.2, 0.25) is 0 Å². The molecule has 8 heteroatoms. The van der Waals surface area contributed by atoms with Crippen molar-refractivity contribution in [2.75, 3.05) is 0 Å². The number of alkyl halides is 2. The van der Waals surface area contributed by atoms with Gasteiger partial charge < -0.3 is 0 Å². The summed E-state index contributed by atoms with van der Waals surface area (Å²) in [5.74, 6) is -0.320. The van der Waals surface area contributed by atoms with Gasteiger partial charge in [-0.3, -0.25) is 4.68 Å². The second-order valence-electron chi connectivity index (χ2n) is 4.02. The van der Waals surface area contributed by atoms with E-state index in [0.717, 1.165) is 9.56 Å². The molecule has 0 aromatic carbocycles. The standard InChI is InChI=1S/C11H12F2N2O2S2/c1-8-2-3-11(18-8)19(16,17)7-9-4-5-14-15(9)6-10(12)13/h2-5,10H,6-7H2,1H3. The van der Waals surface area contributed by atoms with E-state index in [4.69, 9.17) is 0 Å². The number of thiophene rings is 1. The maximum atomic E-state index is 12.3. The largest absolute Gasteiger partial charge is 0.263 e. The van der Waals surface area contributed by atoms with Crippen LogP contribution in [0, 0.1) is 6.92 Å². The van der Waals surface area contributed by atoms with Crippen molar-refractivity contribution in [1.82, 2.24) is 9.78 Å². The quantitative estimate of drug-likeness (QED) is 0.853. The number of aryl methyl sites for hydroxylation is 1. The molecule has 4 nitrogen and oxygen atoms in total. The third kappa shape index (κ3) is 3.38. The summed E-state index contributed by atoms with van der Waals surface area (Å²) >= 11 is 1.17. The molecule has 0 saturated carbocycles. The first kappa shape index (κ1) is 14.1. The fourth-order valence-electron chi connectivity index (χ4n) is 1.62. The van der Waals surface area contributed by atoms with Gasteiger partial charge in [0.05, 0.1) is 11.4 Å². The van der Waals surface area contributed by atoms with Crippen LogP contribution >= 0.6 is 11.3 Å². The van der Waals surface area contributed by atoms with E-state index in [0.29, 0.717) is 0 Å². The first-order valence-electron chi connectivity index (χ1n) is 5.46.